The van der Waals surface area contributed by atoms with Gasteiger partial charge in [-0.05, 0) is 57.0 Å². The van der Waals surface area contributed by atoms with Gasteiger partial charge in [-0.2, -0.15) is 0 Å². The summed E-state index contributed by atoms with van der Waals surface area (Å²) in [5.74, 6) is 0.745. The van der Waals surface area contributed by atoms with Crippen molar-refractivity contribution >= 4 is 0 Å². The van der Waals surface area contributed by atoms with Crippen LogP contribution in [0, 0.1) is 11.7 Å². The minimum absolute atomic E-state index is 0.0820. The summed E-state index contributed by atoms with van der Waals surface area (Å²) in [7, 11) is 0. The minimum Gasteiger partial charge on any atom is -0.508 e. The predicted molar refractivity (Wildman–Crippen MR) is 71.1 cm³/mol. The van der Waals surface area contributed by atoms with Gasteiger partial charge in [0.1, 0.15) is 11.6 Å². The molecule has 1 aliphatic heterocycles. The van der Waals surface area contributed by atoms with Gasteiger partial charge in [-0.15, -0.1) is 0 Å². The third-order valence-electron chi connectivity index (χ3n) is 4.21. The standard InChI is InChI=1S/C15H22FNO/c1-3-12-6-8-17(9-7-12)11(2)14-10-13(16)4-5-15(14)18/h4-5,10-12,18H,3,6-9H2,1-2H3. The number of rotatable bonds is 3. The third-order valence-corrected chi connectivity index (χ3v) is 4.21. The van der Waals surface area contributed by atoms with Crippen LogP contribution in [0.25, 0.3) is 0 Å². The number of phenols is 1. The third kappa shape index (κ3) is 2.83. The zero-order valence-electron chi connectivity index (χ0n) is 11.2. The Morgan fingerprint density at radius 1 is 1.39 bits per heavy atom. The summed E-state index contributed by atoms with van der Waals surface area (Å²) in [4.78, 5) is 2.33. The van der Waals surface area contributed by atoms with Crippen LogP contribution >= 0.6 is 0 Å². The Morgan fingerprint density at radius 2 is 2.06 bits per heavy atom. The van der Waals surface area contributed by atoms with E-state index in [2.05, 4.69) is 11.8 Å². The molecule has 1 atom stereocenters. The lowest BCUT2D eigenvalue weighted by atomic mass is 9.92. The van der Waals surface area contributed by atoms with Crippen LogP contribution in [0.4, 0.5) is 4.39 Å². The van der Waals surface area contributed by atoms with E-state index in [0.717, 1.165) is 19.0 Å². The van der Waals surface area contributed by atoms with Crippen LogP contribution in [-0.2, 0) is 0 Å². The highest BCUT2D eigenvalue weighted by molar-refractivity contribution is 5.35. The maximum Gasteiger partial charge on any atom is 0.123 e. The van der Waals surface area contributed by atoms with Crippen molar-refractivity contribution in [1.29, 1.82) is 0 Å². The van der Waals surface area contributed by atoms with Gasteiger partial charge in [-0.25, -0.2) is 4.39 Å². The second kappa shape index (κ2) is 5.70. The van der Waals surface area contributed by atoms with Crippen LogP contribution in [0.1, 0.15) is 44.7 Å². The van der Waals surface area contributed by atoms with E-state index in [-0.39, 0.29) is 17.6 Å². The quantitative estimate of drug-likeness (QED) is 0.885. The van der Waals surface area contributed by atoms with Gasteiger partial charge in [0.25, 0.3) is 0 Å². The molecule has 2 rings (SSSR count). The van der Waals surface area contributed by atoms with Crippen molar-refractivity contribution in [3.05, 3.63) is 29.6 Å². The van der Waals surface area contributed by atoms with Crippen molar-refractivity contribution in [2.75, 3.05) is 13.1 Å². The normalized spacial score (nSPS) is 19.9. The molecule has 0 amide bonds. The molecule has 1 unspecified atom stereocenters. The van der Waals surface area contributed by atoms with Gasteiger partial charge in [0.15, 0.2) is 0 Å². The average molecular weight is 251 g/mol. The fraction of sp³-hybridized carbons (Fsp3) is 0.600. The summed E-state index contributed by atoms with van der Waals surface area (Å²) in [5, 5.41) is 9.84. The van der Waals surface area contributed by atoms with Crippen molar-refractivity contribution in [3.63, 3.8) is 0 Å². The number of hydrogen-bond donors (Lipinski definition) is 1. The van der Waals surface area contributed by atoms with E-state index in [9.17, 15) is 9.50 Å². The van der Waals surface area contributed by atoms with Gasteiger partial charge >= 0.3 is 0 Å². The first kappa shape index (κ1) is 13.3. The van der Waals surface area contributed by atoms with E-state index in [4.69, 9.17) is 0 Å². The highest BCUT2D eigenvalue weighted by Gasteiger charge is 2.24. The fourth-order valence-electron chi connectivity index (χ4n) is 2.81. The molecule has 0 radical (unpaired) electrons. The number of halogens is 1. The SMILES string of the molecule is CCC1CCN(C(C)c2cc(F)ccc2O)CC1. The highest BCUT2D eigenvalue weighted by atomic mass is 19.1. The Bertz CT molecular complexity index is 399. The van der Waals surface area contributed by atoms with Crippen LogP contribution in [0.15, 0.2) is 18.2 Å². The number of benzene rings is 1. The molecule has 1 heterocycles. The highest BCUT2D eigenvalue weighted by Crippen LogP contribution is 2.32. The van der Waals surface area contributed by atoms with Crippen LogP contribution < -0.4 is 0 Å². The lowest BCUT2D eigenvalue weighted by Gasteiger charge is -2.36. The molecule has 1 aliphatic rings. The first-order valence-corrected chi connectivity index (χ1v) is 6.84. The first-order valence-electron chi connectivity index (χ1n) is 6.84. The summed E-state index contributed by atoms with van der Waals surface area (Å²) >= 11 is 0. The Kier molecular flexibility index (Phi) is 4.23. The van der Waals surface area contributed by atoms with Crippen LogP contribution in [-0.4, -0.2) is 23.1 Å². The summed E-state index contributed by atoms with van der Waals surface area (Å²) in [6.07, 6.45) is 3.65. The molecule has 0 saturated carbocycles. The monoisotopic (exact) mass is 251 g/mol. The van der Waals surface area contributed by atoms with E-state index in [1.807, 2.05) is 6.92 Å². The number of nitrogens with zero attached hydrogens (tertiary/aromatic N) is 1. The minimum atomic E-state index is -0.280. The van der Waals surface area contributed by atoms with Crippen LogP contribution in [0.5, 0.6) is 5.75 Å². The molecule has 1 fully saturated rings. The van der Waals surface area contributed by atoms with E-state index < -0.39 is 0 Å². The van der Waals surface area contributed by atoms with Crippen molar-refractivity contribution in [1.82, 2.24) is 4.90 Å². The van der Waals surface area contributed by atoms with Gasteiger partial charge in [-0.3, -0.25) is 4.90 Å². The second-order valence-corrected chi connectivity index (χ2v) is 5.27. The van der Waals surface area contributed by atoms with Crippen LogP contribution in [0.2, 0.25) is 0 Å². The number of hydrogen-bond acceptors (Lipinski definition) is 2. The smallest absolute Gasteiger partial charge is 0.123 e. The Balaban J connectivity index is 2.07. The Morgan fingerprint density at radius 3 is 2.67 bits per heavy atom. The molecular formula is C15H22FNO. The largest absolute Gasteiger partial charge is 0.508 e. The van der Waals surface area contributed by atoms with Crippen LogP contribution in [0.3, 0.4) is 0 Å². The van der Waals surface area contributed by atoms with Crippen molar-refractivity contribution < 1.29 is 9.50 Å². The molecule has 18 heavy (non-hydrogen) atoms. The molecule has 1 aromatic carbocycles. The molecule has 1 aromatic rings. The summed E-state index contributed by atoms with van der Waals surface area (Å²) in [5.41, 5.74) is 0.699. The number of likely N-dealkylation sites (tertiary alicyclic amines) is 1. The number of aromatic hydroxyl groups is 1. The summed E-state index contributed by atoms with van der Waals surface area (Å²) in [6, 6.07) is 4.28. The zero-order valence-corrected chi connectivity index (χ0v) is 11.2. The molecular weight excluding hydrogens is 229 g/mol. The maximum atomic E-state index is 13.3. The molecule has 100 valence electrons. The maximum absolute atomic E-state index is 13.3. The van der Waals surface area contributed by atoms with Gasteiger partial charge in [0, 0.05) is 11.6 Å². The molecule has 1 N–H and O–H groups in total. The van der Waals surface area contributed by atoms with Gasteiger partial charge in [-0.1, -0.05) is 13.3 Å². The molecule has 0 bridgehead atoms. The molecule has 0 aliphatic carbocycles. The van der Waals surface area contributed by atoms with E-state index in [0.29, 0.717) is 5.56 Å². The predicted octanol–water partition coefficient (Wildman–Crippen LogP) is 3.71. The first-order chi connectivity index (χ1) is 8.61. The fourth-order valence-corrected chi connectivity index (χ4v) is 2.81. The van der Waals surface area contributed by atoms with Gasteiger partial charge in [0.05, 0.1) is 0 Å². The second-order valence-electron chi connectivity index (χ2n) is 5.27. The molecule has 2 nitrogen and oxygen atoms in total. The van der Waals surface area contributed by atoms with Crippen molar-refractivity contribution in [3.8, 4) is 5.75 Å². The van der Waals surface area contributed by atoms with Gasteiger partial charge < -0.3 is 5.11 Å². The van der Waals surface area contributed by atoms with E-state index in [1.165, 1.54) is 37.5 Å². The molecule has 1 saturated heterocycles. The van der Waals surface area contributed by atoms with E-state index in [1.54, 1.807) is 0 Å². The lowest BCUT2D eigenvalue weighted by molar-refractivity contribution is 0.137. The number of phenolic OH excluding ortho intramolecular Hbond substituents is 1. The van der Waals surface area contributed by atoms with E-state index >= 15 is 0 Å². The summed E-state index contributed by atoms with van der Waals surface area (Å²) in [6.45, 7) is 6.36. The number of piperidine rings is 1. The molecule has 3 heteroatoms. The van der Waals surface area contributed by atoms with Crippen molar-refractivity contribution in [2.45, 2.75) is 39.2 Å². The molecule has 0 aromatic heterocycles. The summed E-state index contributed by atoms with van der Waals surface area (Å²) < 4.78 is 13.3. The Labute approximate surface area is 108 Å². The zero-order chi connectivity index (χ0) is 13.1. The van der Waals surface area contributed by atoms with Crippen molar-refractivity contribution in [2.24, 2.45) is 5.92 Å². The lowest BCUT2D eigenvalue weighted by Crippen LogP contribution is -2.35. The average Bonchev–Trinajstić information content (AvgIpc) is 2.41. The van der Waals surface area contributed by atoms with Gasteiger partial charge in [0.2, 0.25) is 0 Å². The topological polar surface area (TPSA) is 23.5 Å². The Hall–Kier alpha value is -1.09. The molecule has 0 spiro atoms.